The van der Waals surface area contributed by atoms with Crippen molar-refractivity contribution in [2.75, 3.05) is 26.9 Å². The monoisotopic (exact) mass is 566 g/mol. The maximum atomic E-state index is 12.2. The third-order valence-electron chi connectivity index (χ3n) is 6.13. The van der Waals surface area contributed by atoms with Crippen LogP contribution < -0.4 is 21.3 Å². The van der Waals surface area contributed by atoms with Gasteiger partial charge < -0.3 is 65.7 Å². The molecular formula is C22H38N4O13. The van der Waals surface area contributed by atoms with Crippen molar-refractivity contribution in [3.05, 3.63) is 0 Å². The summed E-state index contributed by atoms with van der Waals surface area (Å²) < 4.78 is 22.8. The van der Waals surface area contributed by atoms with E-state index in [9.17, 15) is 44.7 Å². The first-order valence-corrected chi connectivity index (χ1v) is 12.2. The lowest BCUT2D eigenvalue weighted by molar-refractivity contribution is -0.328. The number of aliphatic hydroxyl groups excluding tert-OH is 5. The molecule has 9 N–H and O–H groups in total. The van der Waals surface area contributed by atoms with E-state index in [-0.39, 0.29) is 0 Å². The van der Waals surface area contributed by atoms with Crippen LogP contribution in [-0.2, 0) is 38.1 Å². The summed E-state index contributed by atoms with van der Waals surface area (Å²) in [6.45, 7) is 1.57. The van der Waals surface area contributed by atoms with Crippen molar-refractivity contribution in [2.45, 2.75) is 88.1 Å². The number of likely N-dealkylation sites (N-methyl/N-ethyl adjacent to an activating group) is 1. The van der Waals surface area contributed by atoms with E-state index in [0.717, 1.165) is 13.8 Å². The van der Waals surface area contributed by atoms with Gasteiger partial charge in [0.2, 0.25) is 23.6 Å². The maximum Gasteiger partial charge on any atom is 0.244 e. The molecule has 2 aliphatic rings. The number of ether oxygens (including phenoxy) is 4. The van der Waals surface area contributed by atoms with Gasteiger partial charge in [0, 0.05) is 27.8 Å². The zero-order chi connectivity index (χ0) is 29.4. The second kappa shape index (κ2) is 14.8. The first kappa shape index (κ1) is 32.7. The summed E-state index contributed by atoms with van der Waals surface area (Å²) in [7, 11) is 1.34. The van der Waals surface area contributed by atoms with Gasteiger partial charge in [0.05, 0.1) is 19.8 Å². The Hall–Kier alpha value is -2.48. The highest BCUT2D eigenvalue weighted by Gasteiger charge is 2.52. The molecule has 0 bridgehead atoms. The fourth-order valence-corrected chi connectivity index (χ4v) is 4.30. The predicted molar refractivity (Wildman–Crippen MR) is 127 cm³/mol. The summed E-state index contributed by atoms with van der Waals surface area (Å²) in [4.78, 5) is 47.6. The lowest BCUT2D eigenvalue weighted by Gasteiger charge is -2.48. The van der Waals surface area contributed by atoms with Crippen LogP contribution in [0.3, 0.4) is 0 Å². The number of aliphatic hydroxyl groups is 5. The third kappa shape index (κ3) is 8.50. The van der Waals surface area contributed by atoms with Gasteiger partial charge in [-0.05, 0) is 0 Å². The lowest BCUT2D eigenvalue weighted by atomic mass is 9.94. The van der Waals surface area contributed by atoms with Crippen molar-refractivity contribution < 1.29 is 63.7 Å². The van der Waals surface area contributed by atoms with Crippen LogP contribution in [0.1, 0.15) is 20.8 Å². The average molecular weight is 567 g/mol. The lowest BCUT2D eigenvalue weighted by Crippen LogP contribution is -2.70. The molecule has 0 unspecified atom stereocenters. The first-order chi connectivity index (χ1) is 18.3. The van der Waals surface area contributed by atoms with Gasteiger partial charge >= 0.3 is 0 Å². The van der Waals surface area contributed by atoms with E-state index in [1.165, 1.54) is 14.0 Å². The Morgan fingerprint density at radius 1 is 0.795 bits per heavy atom. The molecule has 17 heteroatoms. The first-order valence-electron chi connectivity index (χ1n) is 12.2. The van der Waals surface area contributed by atoms with E-state index in [0.29, 0.717) is 0 Å². The minimum atomic E-state index is -1.66. The van der Waals surface area contributed by atoms with Crippen LogP contribution in [0.2, 0.25) is 0 Å². The Morgan fingerprint density at radius 3 is 1.85 bits per heavy atom. The normalized spacial score (nSPS) is 35.4. The number of amides is 4. The second-order valence-corrected chi connectivity index (χ2v) is 9.18. The van der Waals surface area contributed by atoms with Crippen molar-refractivity contribution in [3.8, 4) is 0 Å². The standard InChI is InChI=1S/C22H38N4O13/c1-8(29)24-11(20(35)23-4)7-36-21-15(26-10(3)31)19(17(33)13(6-28)37-21)39-22-14(25-9(2)30)18(34)16(32)12(5-27)38-22/h11-19,21-22,27-28,32-34H,5-7H2,1-4H3,(H,23,35)(H,24,29)(H,25,30)(H,26,31)/t11-,12+,13+,14+,15+,16-,17-,18+,19+,21-,22+/m0/s1. The third-order valence-corrected chi connectivity index (χ3v) is 6.13. The summed E-state index contributed by atoms with van der Waals surface area (Å²) in [5.74, 6) is -2.36. The highest BCUT2D eigenvalue weighted by molar-refractivity contribution is 5.86. The molecular weight excluding hydrogens is 528 g/mol. The molecule has 2 rings (SSSR count). The van der Waals surface area contributed by atoms with E-state index in [4.69, 9.17) is 18.9 Å². The van der Waals surface area contributed by atoms with Crippen molar-refractivity contribution in [1.29, 1.82) is 0 Å². The molecule has 0 aromatic rings. The predicted octanol–water partition coefficient (Wildman–Crippen LogP) is -5.83. The Balaban J connectivity index is 2.39. The highest BCUT2D eigenvalue weighted by Crippen LogP contribution is 2.30. The maximum absolute atomic E-state index is 12.2. The zero-order valence-electron chi connectivity index (χ0n) is 22.0. The van der Waals surface area contributed by atoms with Crippen LogP contribution in [0.4, 0.5) is 0 Å². The molecule has 0 aromatic carbocycles. The van der Waals surface area contributed by atoms with Gasteiger partial charge in [-0.15, -0.1) is 0 Å². The molecule has 2 heterocycles. The van der Waals surface area contributed by atoms with Crippen molar-refractivity contribution in [2.24, 2.45) is 0 Å². The van der Waals surface area contributed by atoms with Gasteiger partial charge in [-0.3, -0.25) is 19.2 Å². The average Bonchev–Trinajstić information content (AvgIpc) is 2.87. The number of hydrogen-bond acceptors (Lipinski definition) is 13. The zero-order valence-corrected chi connectivity index (χ0v) is 22.0. The van der Waals surface area contributed by atoms with Crippen molar-refractivity contribution in [1.82, 2.24) is 21.3 Å². The molecule has 0 aromatic heterocycles. The number of hydrogen-bond donors (Lipinski definition) is 9. The van der Waals surface area contributed by atoms with Crippen LogP contribution in [0.15, 0.2) is 0 Å². The Labute approximate surface area is 224 Å². The summed E-state index contributed by atoms with van der Waals surface area (Å²) >= 11 is 0. The molecule has 17 nitrogen and oxygen atoms in total. The molecule has 0 aliphatic carbocycles. The highest BCUT2D eigenvalue weighted by atomic mass is 16.7. The van der Waals surface area contributed by atoms with Crippen LogP contribution in [0.5, 0.6) is 0 Å². The molecule has 0 spiro atoms. The van der Waals surface area contributed by atoms with E-state index in [2.05, 4.69) is 21.3 Å². The van der Waals surface area contributed by atoms with Gasteiger partial charge in [-0.2, -0.15) is 0 Å². The molecule has 224 valence electrons. The summed E-state index contributed by atoms with van der Waals surface area (Å²) in [6, 6.07) is -3.86. The van der Waals surface area contributed by atoms with Crippen molar-refractivity contribution in [3.63, 3.8) is 0 Å². The van der Waals surface area contributed by atoms with Crippen LogP contribution >= 0.6 is 0 Å². The SMILES string of the molecule is CNC(=O)[C@H](CO[C@H]1O[C@H](CO)[C@H](O)[C@H](O[C@H]2O[C@H](CO)[C@H](O)[C@H](O)[C@H]2NC(C)=O)[C@H]1NC(C)=O)NC(C)=O. The van der Waals surface area contributed by atoms with E-state index in [1.807, 2.05) is 0 Å². The molecule has 2 fully saturated rings. The molecule has 0 saturated carbocycles. The molecule has 2 aliphatic heterocycles. The van der Waals surface area contributed by atoms with Gasteiger partial charge in [0.25, 0.3) is 0 Å². The summed E-state index contributed by atoms with van der Waals surface area (Å²) in [5, 5.41) is 60.8. The number of nitrogens with one attached hydrogen (secondary N) is 4. The second-order valence-electron chi connectivity index (χ2n) is 9.18. The summed E-state index contributed by atoms with van der Waals surface area (Å²) in [6.07, 6.45) is -12.1. The van der Waals surface area contributed by atoms with Gasteiger partial charge in [0.15, 0.2) is 12.6 Å². The van der Waals surface area contributed by atoms with Gasteiger partial charge in [-0.1, -0.05) is 0 Å². The van der Waals surface area contributed by atoms with Crippen LogP contribution in [0.25, 0.3) is 0 Å². The fraction of sp³-hybridized carbons (Fsp3) is 0.818. The quantitative estimate of drug-likeness (QED) is 0.113. The molecule has 4 amide bonds. The largest absolute Gasteiger partial charge is 0.394 e. The number of rotatable bonds is 11. The van der Waals surface area contributed by atoms with Crippen molar-refractivity contribution >= 4 is 23.6 Å². The minimum absolute atomic E-state index is 0.451. The topological polar surface area (TPSA) is 254 Å². The Morgan fingerprint density at radius 2 is 1.33 bits per heavy atom. The van der Waals surface area contributed by atoms with Crippen LogP contribution in [-0.4, -0.2) is 143 Å². The molecule has 11 atom stereocenters. The summed E-state index contributed by atoms with van der Waals surface area (Å²) in [5.41, 5.74) is 0. The van der Waals surface area contributed by atoms with Gasteiger partial charge in [0.1, 0.15) is 54.7 Å². The number of carbonyl (C=O) groups is 4. The Bertz CT molecular complexity index is 864. The molecule has 2 saturated heterocycles. The van der Waals surface area contributed by atoms with E-state index in [1.54, 1.807) is 0 Å². The number of carbonyl (C=O) groups excluding carboxylic acids is 4. The molecule has 39 heavy (non-hydrogen) atoms. The van der Waals surface area contributed by atoms with E-state index >= 15 is 0 Å². The molecule has 0 radical (unpaired) electrons. The van der Waals surface area contributed by atoms with E-state index < -0.39 is 111 Å². The smallest absolute Gasteiger partial charge is 0.244 e. The van der Waals surface area contributed by atoms with Gasteiger partial charge in [-0.25, -0.2) is 0 Å². The fourth-order valence-electron chi connectivity index (χ4n) is 4.30. The van der Waals surface area contributed by atoms with Crippen LogP contribution in [0, 0.1) is 0 Å². The minimum Gasteiger partial charge on any atom is -0.394 e. The Kier molecular flexibility index (Phi) is 12.4.